The zero-order valence-electron chi connectivity index (χ0n) is 8.99. The zero-order valence-corrected chi connectivity index (χ0v) is 8.99. The standard InChI is InChI=1S/C13H14N2/c1-9-5-10(2)7-11(6-9)12-3-4-15-8-13(12)14/h3-8H,14H2,1-2H3. The summed E-state index contributed by atoms with van der Waals surface area (Å²) in [5.41, 5.74) is 11.3. The Labute approximate surface area is 89.8 Å². The largest absolute Gasteiger partial charge is 0.397 e. The fourth-order valence-corrected chi connectivity index (χ4v) is 1.80. The van der Waals surface area contributed by atoms with Crippen LogP contribution in [0.4, 0.5) is 5.69 Å². The third-order valence-electron chi connectivity index (χ3n) is 2.38. The number of aromatic nitrogens is 1. The van der Waals surface area contributed by atoms with Gasteiger partial charge in [0.2, 0.25) is 0 Å². The molecule has 1 heterocycles. The van der Waals surface area contributed by atoms with Gasteiger partial charge in [-0.05, 0) is 25.5 Å². The average molecular weight is 198 g/mol. The summed E-state index contributed by atoms with van der Waals surface area (Å²) in [6, 6.07) is 8.38. The lowest BCUT2D eigenvalue weighted by Gasteiger charge is -2.07. The Morgan fingerprint density at radius 2 is 1.73 bits per heavy atom. The summed E-state index contributed by atoms with van der Waals surface area (Å²) in [4.78, 5) is 3.99. The zero-order chi connectivity index (χ0) is 10.8. The maximum absolute atomic E-state index is 5.89. The van der Waals surface area contributed by atoms with E-state index in [0.29, 0.717) is 0 Å². The monoisotopic (exact) mass is 198 g/mol. The van der Waals surface area contributed by atoms with Crippen molar-refractivity contribution >= 4 is 5.69 Å². The third-order valence-corrected chi connectivity index (χ3v) is 2.38. The number of rotatable bonds is 1. The molecule has 0 saturated heterocycles. The van der Waals surface area contributed by atoms with Crippen LogP contribution in [-0.4, -0.2) is 4.98 Å². The minimum absolute atomic E-state index is 0.725. The first-order chi connectivity index (χ1) is 7.16. The maximum Gasteiger partial charge on any atom is 0.0580 e. The Hall–Kier alpha value is -1.83. The van der Waals surface area contributed by atoms with E-state index in [-0.39, 0.29) is 0 Å². The summed E-state index contributed by atoms with van der Waals surface area (Å²) in [7, 11) is 0. The van der Waals surface area contributed by atoms with Crippen LogP contribution in [0.25, 0.3) is 11.1 Å². The third kappa shape index (κ3) is 1.99. The molecule has 0 unspecified atom stereocenters. The molecule has 1 aromatic heterocycles. The number of nitrogens with two attached hydrogens (primary N) is 1. The van der Waals surface area contributed by atoms with Crippen LogP contribution in [0.5, 0.6) is 0 Å². The fraction of sp³-hybridized carbons (Fsp3) is 0.154. The van der Waals surface area contributed by atoms with Crippen LogP contribution in [0.1, 0.15) is 11.1 Å². The van der Waals surface area contributed by atoms with E-state index < -0.39 is 0 Å². The van der Waals surface area contributed by atoms with Gasteiger partial charge in [0.05, 0.1) is 11.9 Å². The number of benzene rings is 1. The van der Waals surface area contributed by atoms with Gasteiger partial charge in [-0.3, -0.25) is 4.98 Å². The summed E-state index contributed by atoms with van der Waals surface area (Å²) in [6.07, 6.45) is 3.45. The highest BCUT2D eigenvalue weighted by atomic mass is 14.7. The van der Waals surface area contributed by atoms with Crippen molar-refractivity contribution in [2.45, 2.75) is 13.8 Å². The van der Waals surface area contributed by atoms with Gasteiger partial charge in [0.1, 0.15) is 0 Å². The average Bonchev–Trinajstić information content (AvgIpc) is 2.16. The highest BCUT2D eigenvalue weighted by molar-refractivity contribution is 5.76. The Balaban J connectivity index is 2.59. The van der Waals surface area contributed by atoms with Crippen molar-refractivity contribution in [3.05, 3.63) is 47.8 Å². The fourth-order valence-electron chi connectivity index (χ4n) is 1.80. The Morgan fingerprint density at radius 3 is 2.33 bits per heavy atom. The van der Waals surface area contributed by atoms with Gasteiger partial charge >= 0.3 is 0 Å². The second kappa shape index (κ2) is 3.73. The molecular weight excluding hydrogens is 184 g/mol. The topological polar surface area (TPSA) is 38.9 Å². The molecular formula is C13H14N2. The molecule has 15 heavy (non-hydrogen) atoms. The molecule has 2 N–H and O–H groups in total. The number of hydrogen-bond donors (Lipinski definition) is 1. The molecule has 2 rings (SSSR count). The van der Waals surface area contributed by atoms with Crippen LogP contribution in [0.15, 0.2) is 36.7 Å². The van der Waals surface area contributed by atoms with Crippen molar-refractivity contribution in [3.63, 3.8) is 0 Å². The van der Waals surface area contributed by atoms with Gasteiger partial charge in [-0.1, -0.05) is 29.3 Å². The molecule has 0 fully saturated rings. The first-order valence-corrected chi connectivity index (χ1v) is 4.95. The molecule has 0 aliphatic heterocycles. The van der Waals surface area contributed by atoms with Gasteiger partial charge in [0, 0.05) is 11.8 Å². The van der Waals surface area contributed by atoms with E-state index in [4.69, 9.17) is 5.73 Å². The molecule has 0 aliphatic rings. The summed E-state index contributed by atoms with van der Waals surface area (Å²) >= 11 is 0. The van der Waals surface area contributed by atoms with Gasteiger partial charge in [-0.25, -0.2) is 0 Å². The molecule has 0 bridgehead atoms. The predicted molar refractivity (Wildman–Crippen MR) is 63.6 cm³/mol. The molecule has 0 atom stereocenters. The second-order valence-corrected chi connectivity index (χ2v) is 3.84. The normalized spacial score (nSPS) is 10.3. The van der Waals surface area contributed by atoms with E-state index in [1.54, 1.807) is 12.4 Å². The van der Waals surface area contributed by atoms with Crippen LogP contribution < -0.4 is 5.73 Å². The molecule has 76 valence electrons. The van der Waals surface area contributed by atoms with Crippen LogP contribution in [0, 0.1) is 13.8 Å². The van der Waals surface area contributed by atoms with Gasteiger partial charge in [-0.2, -0.15) is 0 Å². The minimum atomic E-state index is 0.725. The summed E-state index contributed by atoms with van der Waals surface area (Å²) in [5.74, 6) is 0. The summed E-state index contributed by atoms with van der Waals surface area (Å²) in [6.45, 7) is 4.18. The Kier molecular flexibility index (Phi) is 2.42. The number of nitrogen functional groups attached to an aromatic ring is 1. The van der Waals surface area contributed by atoms with Gasteiger partial charge in [-0.15, -0.1) is 0 Å². The molecule has 0 spiro atoms. The number of pyridine rings is 1. The first-order valence-electron chi connectivity index (χ1n) is 4.95. The summed E-state index contributed by atoms with van der Waals surface area (Å²) in [5, 5.41) is 0. The van der Waals surface area contributed by atoms with Gasteiger partial charge < -0.3 is 5.73 Å². The number of anilines is 1. The lowest BCUT2D eigenvalue weighted by atomic mass is 10.0. The maximum atomic E-state index is 5.89. The van der Waals surface area contributed by atoms with E-state index in [1.165, 1.54) is 11.1 Å². The van der Waals surface area contributed by atoms with Crippen LogP contribution in [0.3, 0.4) is 0 Å². The highest BCUT2D eigenvalue weighted by Crippen LogP contribution is 2.26. The minimum Gasteiger partial charge on any atom is -0.397 e. The van der Waals surface area contributed by atoms with Crippen molar-refractivity contribution in [2.24, 2.45) is 0 Å². The first kappa shape index (κ1) is 9.71. The molecule has 0 aliphatic carbocycles. The van der Waals surface area contributed by atoms with Gasteiger partial charge in [0.15, 0.2) is 0 Å². The molecule has 1 aromatic carbocycles. The molecule has 0 radical (unpaired) electrons. The van der Waals surface area contributed by atoms with Crippen molar-refractivity contribution < 1.29 is 0 Å². The van der Waals surface area contributed by atoms with E-state index in [1.807, 2.05) is 6.07 Å². The van der Waals surface area contributed by atoms with Gasteiger partial charge in [0.25, 0.3) is 0 Å². The van der Waals surface area contributed by atoms with Crippen LogP contribution in [-0.2, 0) is 0 Å². The lowest BCUT2D eigenvalue weighted by Crippen LogP contribution is -1.91. The molecule has 0 amide bonds. The summed E-state index contributed by atoms with van der Waals surface area (Å²) < 4.78 is 0. The smallest absolute Gasteiger partial charge is 0.0580 e. The number of aryl methyl sites for hydroxylation is 2. The van der Waals surface area contributed by atoms with Crippen LogP contribution in [0.2, 0.25) is 0 Å². The van der Waals surface area contributed by atoms with E-state index >= 15 is 0 Å². The van der Waals surface area contributed by atoms with Crippen molar-refractivity contribution in [1.29, 1.82) is 0 Å². The predicted octanol–water partition coefficient (Wildman–Crippen LogP) is 2.95. The Morgan fingerprint density at radius 1 is 1.07 bits per heavy atom. The lowest BCUT2D eigenvalue weighted by molar-refractivity contribution is 1.32. The van der Waals surface area contributed by atoms with Crippen molar-refractivity contribution in [3.8, 4) is 11.1 Å². The molecule has 2 heteroatoms. The van der Waals surface area contributed by atoms with E-state index in [2.05, 4.69) is 37.0 Å². The molecule has 2 nitrogen and oxygen atoms in total. The number of nitrogens with zero attached hydrogens (tertiary/aromatic N) is 1. The van der Waals surface area contributed by atoms with Crippen LogP contribution >= 0.6 is 0 Å². The second-order valence-electron chi connectivity index (χ2n) is 3.84. The molecule has 2 aromatic rings. The molecule has 0 saturated carbocycles. The SMILES string of the molecule is Cc1cc(C)cc(-c2ccncc2N)c1. The number of hydrogen-bond acceptors (Lipinski definition) is 2. The van der Waals surface area contributed by atoms with E-state index in [0.717, 1.165) is 16.8 Å². The van der Waals surface area contributed by atoms with Crippen molar-refractivity contribution in [1.82, 2.24) is 4.98 Å². The Bertz CT molecular complexity index is 469. The van der Waals surface area contributed by atoms with Crippen molar-refractivity contribution in [2.75, 3.05) is 5.73 Å². The van der Waals surface area contributed by atoms with E-state index in [9.17, 15) is 0 Å². The quantitative estimate of drug-likeness (QED) is 0.765. The highest BCUT2D eigenvalue weighted by Gasteiger charge is 2.02.